The van der Waals surface area contributed by atoms with E-state index >= 15 is 0 Å². The zero-order valence-electron chi connectivity index (χ0n) is 14.5. The number of hydrogen-bond donors (Lipinski definition) is 0. The molecule has 2 saturated carbocycles. The molecule has 4 aliphatic rings. The first-order valence-corrected chi connectivity index (χ1v) is 11.1. The van der Waals surface area contributed by atoms with Gasteiger partial charge in [0.05, 0.1) is 5.75 Å². The van der Waals surface area contributed by atoms with Crippen molar-refractivity contribution < 1.29 is 8.42 Å². The molecule has 0 unspecified atom stereocenters. The zero-order chi connectivity index (χ0) is 16.2. The van der Waals surface area contributed by atoms with Gasteiger partial charge in [-0.3, -0.25) is 0 Å². The quantitative estimate of drug-likeness (QED) is 0.656. The Morgan fingerprint density at radius 1 is 1.26 bits per heavy atom. The summed E-state index contributed by atoms with van der Waals surface area (Å²) in [6, 6.07) is 0. The van der Waals surface area contributed by atoms with Gasteiger partial charge in [0.15, 0.2) is 9.84 Å². The molecule has 1 heterocycles. The van der Waals surface area contributed by atoms with Gasteiger partial charge in [-0.1, -0.05) is 31.1 Å². The molecule has 0 bridgehead atoms. The summed E-state index contributed by atoms with van der Waals surface area (Å²) in [5, 5.41) is -0.293. The lowest BCUT2D eigenvalue weighted by molar-refractivity contribution is 0.242. The first-order chi connectivity index (χ1) is 10.9. The normalized spacial score (nSPS) is 44.4. The molecule has 0 aromatic carbocycles. The van der Waals surface area contributed by atoms with Gasteiger partial charge in [-0.15, -0.1) is 0 Å². The van der Waals surface area contributed by atoms with Crippen molar-refractivity contribution in [2.75, 3.05) is 5.75 Å². The maximum absolute atomic E-state index is 12.8. The Labute approximate surface area is 141 Å². The van der Waals surface area contributed by atoms with Crippen LogP contribution in [0.3, 0.4) is 0 Å². The van der Waals surface area contributed by atoms with Gasteiger partial charge in [-0.05, 0) is 80.6 Å². The minimum absolute atomic E-state index is 0.293. The van der Waals surface area contributed by atoms with E-state index in [1.165, 1.54) is 42.4 Å². The molecule has 1 aliphatic heterocycles. The predicted octanol–water partition coefficient (Wildman–Crippen LogP) is 4.63. The molecular weight excluding hydrogens is 304 g/mol. The fourth-order valence-corrected chi connectivity index (χ4v) is 7.69. The second-order valence-corrected chi connectivity index (χ2v) is 10.8. The molecule has 1 radical (unpaired) electrons. The van der Waals surface area contributed by atoms with Crippen LogP contribution in [-0.4, -0.2) is 19.4 Å². The molecule has 127 valence electrons. The number of fused-ring (bicyclic) bond motifs is 1. The Bertz CT molecular complexity index is 670. The molecule has 0 aromatic rings. The standard InChI is InChI=1S/C20H29O2S/c1-14-7-8-16-13-23(21,22)19(17(16)11-14)12-15-5-3-9-20(2)10-4-6-18(15)20/h10,12,14,18-19H,3-9,11,13H2,1-2H3/b15-12+/t14-,18-,19-,20+/m0/s1. The molecule has 4 rings (SSSR count). The summed E-state index contributed by atoms with van der Waals surface area (Å²) in [4.78, 5) is 0. The number of allylic oxidation sites excluding steroid dienone is 1. The molecule has 0 saturated heterocycles. The lowest BCUT2D eigenvalue weighted by Gasteiger charge is -2.38. The maximum Gasteiger partial charge on any atom is 0.164 e. The van der Waals surface area contributed by atoms with Crippen molar-refractivity contribution in [1.82, 2.24) is 0 Å². The Balaban J connectivity index is 1.70. The highest BCUT2D eigenvalue weighted by Gasteiger charge is 2.45. The van der Waals surface area contributed by atoms with Crippen LogP contribution in [0, 0.1) is 23.7 Å². The van der Waals surface area contributed by atoms with Gasteiger partial charge in [-0.2, -0.15) is 0 Å². The van der Waals surface area contributed by atoms with E-state index in [-0.39, 0.29) is 5.25 Å². The van der Waals surface area contributed by atoms with Gasteiger partial charge in [0.2, 0.25) is 0 Å². The van der Waals surface area contributed by atoms with Crippen molar-refractivity contribution >= 4 is 9.84 Å². The lowest BCUT2D eigenvalue weighted by Crippen LogP contribution is -2.29. The summed E-state index contributed by atoms with van der Waals surface area (Å²) in [5.41, 5.74) is 4.30. The number of sulfone groups is 1. The summed E-state index contributed by atoms with van der Waals surface area (Å²) >= 11 is 0. The molecule has 3 heteroatoms. The van der Waals surface area contributed by atoms with E-state index in [0.29, 0.717) is 23.0 Å². The minimum atomic E-state index is -3.00. The van der Waals surface area contributed by atoms with Crippen molar-refractivity contribution in [3.63, 3.8) is 0 Å². The summed E-state index contributed by atoms with van der Waals surface area (Å²) < 4.78 is 25.6. The predicted molar refractivity (Wildman–Crippen MR) is 94.7 cm³/mol. The largest absolute Gasteiger partial charge is 0.228 e. The van der Waals surface area contributed by atoms with Gasteiger partial charge < -0.3 is 0 Å². The van der Waals surface area contributed by atoms with Crippen LogP contribution in [0.5, 0.6) is 0 Å². The van der Waals surface area contributed by atoms with Gasteiger partial charge in [0, 0.05) is 0 Å². The van der Waals surface area contributed by atoms with Crippen LogP contribution in [0.1, 0.15) is 65.2 Å². The average Bonchev–Trinajstić information content (AvgIpc) is 2.98. The summed E-state index contributed by atoms with van der Waals surface area (Å²) in [6.07, 6.45) is 13.9. The summed E-state index contributed by atoms with van der Waals surface area (Å²) in [5.74, 6) is 1.56. The van der Waals surface area contributed by atoms with Crippen LogP contribution in [0.2, 0.25) is 0 Å². The fraction of sp³-hybridized carbons (Fsp3) is 0.750. The van der Waals surface area contributed by atoms with Gasteiger partial charge in [0.25, 0.3) is 0 Å². The van der Waals surface area contributed by atoms with Crippen LogP contribution in [0.15, 0.2) is 22.8 Å². The molecule has 23 heavy (non-hydrogen) atoms. The number of rotatable bonds is 1. The highest BCUT2D eigenvalue weighted by Crippen LogP contribution is 2.54. The average molecular weight is 334 g/mol. The molecule has 3 aliphatic carbocycles. The molecule has 0 N–H and O–H groups in total. The maximum atomic E-state index is 12.8. The SMILES string of the molecule is C[C@H]1CCC2=C(C1)[C@H](/C=C1\CCC[C@]3(C)[CH]CC[C@@H]13)S(=O)(=O)C2. The first kappa shape index (κ1) is 15.9. The summed E-state index contributed by atoms with van der Waals surface area (Å²) in [7, 11) is -3.00. The first-order valence-electron chi connectivity index (χ1n) is 9.36. The van der Waals surface area contributed by atoms with Gasteiger partial charge >= 0.3 is 0 Å². The van der Waals surface area contributed by atoms with E-state index in [1.807, 2.05) is 0 Å². The molecule has 2 fully saturated rings. The van der Waals surface area contributed by atoms with E-state index in [0.717, 1.165) is 25.7 Å². The van der Waals surface area contributed by atoms with Gasteiger partial charge in [0.1, 0.15) is 5.25 Å². The van der Waals surface area contributed by atoms with Gasteiger partial charge in [-0.25, -0.2) is 8.42 Å². The second kappa shape index (κ2) is 5.47. The zero-order valence-corrected chi connectivity index (χ0v) is 15.3. The monoisotopic (exact) mass is 333 g/mol. The van der Waals surface area contributed by atoms with E-state index in [1.54, 1.807) is 0 Å². The van der Waals surface area contributed by atoms with E-state index < -0.39 is 9.84 Å². The van der Waals surface area contributed by atoms with Crippen LogP contribution in [0.25, 0.3) is 0 Å². The Hall–Kier alpha value is -0.570. The third kappa shape index (κ3) is 2.63. The Morgan fingerprint density at radius 3 is 2.91 bits per heavy atom. The van der Waals surface area contributed by atoms with Crippen LogP contribution in [-0.2, 0) is 9.84 Å². The smallest absolute Gasteiger partial charge is 0.164 e. The van der Waals surface area contributed by atoms with Crippen molar-refractivity contribution in [1.29, 1.82) is 0 Å². The molecule has 0 amide bonds. The van der Waals surface area contributed by atoms with Crippen LogP contribution in [0.4, 0.5) is 0 Å². The topological polar surface area (TPSA) is 34.1 Å². The van der Waals surface area contributed by atoms with Crippen LogP contribution < -0.4 is 0 Å². The fourth-order valence-electron chi connectivity index (χ4n) is 5.62. The van der Waals surface area contributed by atoms with Crippen molar-refractivity contribution in [3.8, 4) is 0 Å². The van der Waals surface area contributed by atoms with Crippen molar-refractivity contribution in [3.05, 3.63) is 29.2 Å². The van der Waals surface area contributed by atoms with E-state index in [2.05, 4.69) is 26.3 Å². The molecule has 4 atom stereocenters. The third-order valence-corrected chi connectivity index (χ3v) is 8.87. The van der Waals surface area contributed by atoms with Crippen LogP contribution >= 0.6 is 0 Å². The highest BCUT2D eigenvalue weighted by molar-refractivity contribution is 7.92. The molecule has 2 nitrogen and oxygen atoms in total. The van der Waals surface area contributed by atoms with Crippen molar-refractivity contribution in [2.24, 2.45) is 17.3 Å². The number of hydrogen-bond acceptors (Lipinski definition) is 2. The Morgan fingerprint density at radius 2 is 2.09 bits per heavy atom. The summed E-state index contributed by atoms with van der Waals surface area (Å²) in [6.45, 7) is 4.65. The minimum Gasteiger partial charge on any atom is -0.228 e. The Kier molecular flexibility index (Phi) is 3.79. The second-order valence-electron chi connectivity index (χ2n) is 8.64. The van der Waals surface area contributed by atoms with E-state index in [4.69, 9.17) is 0 Å². The van der Waals surface area contributed by atoms with Crippen molar-refractivity contribution in [2.45, 2.75) is 70.5 Å². The van der Waals surface area contributed by atoms with E-state index in [9.17, 15) is 8.42 Å². The molecule has 0 spiro atoms. The molecule has 0 aromatic heterocycles. The third-order valence-electron chi connectivity index (χ3n) is 6.92. The highest BCUT2D eigenvalue weighted by atomic mass is 32.2. The lowest BCUT2D eigenvalue weighted by atomic mass is 9.67. The molecular formula is C20H29O2S.